The zero-order valence-corrected chi connectivity index (χ0v) is 18.6. The van der Waals surface area contributed by atoms with E-state index in [0.29, 0.717) is 11.8 Å². The predicted octanol–water partition coefficient (Wildman–Crippen LogP) is 2.40. The van der Waals surface area contributed by atoms with E-state index in [-0.39, 0.29) is 0 Å². The molecule has 2 aromatic heterocycles. The SMILES string of the molecule is COc1ncnc2c1CN(Cc1ccccc1CN1CCc3ncnc(OC)c3C1)CC2. The van der Waals surface area contributed by atoms with Gasteiger partial charge >= 0.3 is 0 Å². The molecule has 0 spiro atoms. The van der Waals surface area contributed by atoms with Gasteiger partial charge in [-0.3, -0.25) is 9.80 Å². The van der Waals surface area contributed by atoms with Gasteiger partial charge in [-0.15, -0.1) is 0 Å². The number of hydrogen-bond acceptors (Lipinski definition) is 8. The molecule has 0 atom stereocenters. The first-order valence-corrected chi connectivity index (χ1v) is 11.0. The summed E-state index contributed by atoms with van der Waals surface area (Å²) in [5.41, 5.74) is 7.13. The second-order valence-corrected chi connectivity index (χ2v) is 8.31. The van der Waals surface area contributed by atoms with E-state index in [0.717, 1.165) is 74.6 Å². The first-order valence-electron chi connectivity index (χ1n) is 11.0. The number of nitrogens with zero attached hydrogens (tertiary/aromatic N) is 6. The maximum absolute atomic E-state index is 5.48. The van der Waals surface area contributed by atoms with Gasteiger partial charge < -0.3 is 9.47 Å². The summed E-state index contributed by atoms with van der Waals surface area (Å²) in [6, 6.07) is 8.74. The van der Waals surface area contributed by atoms with Crippen molar-refractivity contribution in [2.45, 2.75) is 39.0 Å². The quantitative estimate of drug-likeness (QED) is 0.588. The zero-order chi connectivity index (χ0) is 21.9. The third-order valence-electron chi connectivity index (χ3n) is 6.38. The summed E-state index contributed by atoms with van der Waals surface area (Å²) < 4.78 is 11.0. The van der Waals surface area contributed by atoms with E-state index in [1.165, 1.54) is 11.1 Å². The van der Waals surface area contributed by atoms with Crippen LogP contribution in [0.2, 0.25) is 0 Å². The third-order valence-corrected chi connectivity index (χ3v) is 6.38. The van der Waals surface area contributed by atoms with Crippen molar-refractivity contribution in [3.63, 3.8) is 0 Å². The number of rotatable bonds is 6. The van der Waals surface area contributed by atoms with Crippen molar-refractivity contribution in [1.82, 2.24) is 29.7 Å². The fraction of sp³-hybridized carbons (Fsp3) is 0.417. The Morgan fingerprint density at radius 3 is 1.62 bits per heavy atom. The Bertz CT molecular complexity index is 991. The van der Waals surface area contributed by atoms with Crippen LogP contribution in [0.3, 0.4) is 0 Å². The molecule has 0 saturated heterocycles. The Kier molecular flexibility index (Phi) is 5.96. The molecule has 2 aliphatic heterocycles. The molecule has 0 bridgehead atoms. The molecule has 0 amide bonds. The highest BCUT2D eigenvalue weighted by atomic mass is 16.5. The zero-order valence-electron chi connectivity index (χ0n) is 18.6. The van der Waals surface area contributed by atoms with Gasteiger partial charge in [0, 0.05) is 63.2 Å². The van der Waals surface area contributed by atoms with Crippen molar-refractivity contribution in [1.29, 1.82) is 0 Å². The van der Waals surface area contributed by atoms with Gasteiger partial charge in [0.15, 0.2) is 0 Å². The van der Waals surface area contributed by atoms with E-state index in [1.807, 2.05) is 0 Å². The number of methoxy groups -OCH3 is 2. The molecule has 0 unspecified atom stereocenters. The monoisotopic (exact) mass is 432 g/mol. The number of benzene rings is 1. The molecule has 8 nitrogen and oxygen atoms in total. The lowest BCUT2D eigenvalue weighted by molar-refractivity contribution is 0.224. The molecular weight excluding hydrogens is 404 g/mol. The average molecular weight is 433 g/mol. The summed E-state index contributed by atoms with van der Waals surface area (Å²) in [4.78, 5) is 22.4. The highest BCUT2D eigenvalue weighted by molar-refractivity contribution is 5.34. The highest BCUT2D eigenvalue weighted by Gasteiger charge is 2.24. The second-order valence-electron chi connectivity index (χ2n) is 8.31. The predicted molar refractivity (Wildman–Crippen MR) is 119 cm³/mol. The maximum atomic E-state index is 5.48. The Hall–Kier alpha value is -3.10. The molecule has 0 N–H and O–H groups in total. The second kappa shape index (κ2) is 9.18. The fourth-order valence-corrected chi connectivity index (χ4v) is 4.71. The van der Waals surface area contributed by atoms with Crippen LogP contribution in [-0.2, 0) is 39.0 Å². The lowest BCUT2D eigenvalue weighted by Crippen LogP contribution is -2.33. The van der Waals surface area contributed by atoms with E-state index in [1.54, 1.807) is 26.9 Å². The van der Waals surface area contributed by atoms with Crippen molar-refractivity contribution in [2.24, 2.45) is 0 Å². The Labute approximate surface area is 188 Å². The fourth-order valence-electron chi connectivity index (χ4n) is 4.71. The van der Waals surface area contributed by atoms with Crippen LogP contribution in [0, 0.1) is 0 Å². The number of aromatic nitrogens is 4. The molecule has 0 fully saturated rings. The average Bonchev–Trinajstić information content (AvgIpc) is 2.84. The first kappa shape index (κ1) is 20.8. The van der Waals surface area contributed by atoms with Gasteiger partial charge in [0.25, 0.3) is 0 Å². The summed E-state index contributed by atoms with van der Waals surface area (Å²) in [6.45, 7) is 5.36. The molecule has 0 saturated carbocycles. The van der Waals surface area contributed by atoms with Crippen molar-refractivity contribution in [2.75, 3.05) is 27.3 Å². The van der Waals surface area contributed by atoms with E-state index in [2.05, 4.69) is 54.0 Å². The van der Waals surface area contributed by atoms with E-state index in [4.69, 9.17) is 9.47 Å². The standard InChI is InChI=1S/C24H28N6O2/c1-31-23-19-13-29(9-7-21(19)25-15-27-23)11-17-5-3-4-6-18(17)12-30-10-8-22-20(14-30)24(32-2)28-16-26-22/h3-6,15-16H,7-14H2,1-2H3. The van der Waals surface area contributed by atoms with Crippen LogP contribution in [0.5, 0.6) is 11.8 Å². The summed E-state index contributed by atoms with van der Waals surface area (Å²) in [7, 11) is 3.35. The highest BCUT2D eigenvalue weighted by Crippen LogP contribution is 2.28. The van der Waals surface area contributed by atoms with Gasteiger partial charge in [-0.2, -0.15) is 0 Å². The van der Waals surface area contributed by atoms with Gasteiger partial charge in [0.05, 0.1) is 25.6 Å². The summed E-state index contributed by atoms with van der Waals surface area (Å²) in [5.74, 6) is 1.38. The molecule has 0 radical (unpaired) electrons. The minimum Gasteiger partial charge on any atom is -0.481 e. The molecule has 0 aliphatic carbocycles. The maximum Gasteiger partial charge on any atom is 0.220 e. The van der Waals surface area contributed by atoms with Crippen molar-refractivity contribution in [3.05, 3.63) is 70.6 Å². The Morgan fingerprint density at radius 2 is 1.19 bits per heavy atom. The van der Waals surface area contributed by atoms with Crippen molar-refractivity contribution >= 4 is 0 Å². The van der Waals surface area contributed by atoms with Crippen LogP contribution in [0.4, 0.5) is 0 Å². The van der Waals surface area contributed by atoms with Gasteiger partial charge in [-0.05, 0) is 11.1 Å². The minimum atomic E-state index is 0.691. The Morgan fingerprint density at radius 1 is 0.719 bits per heavy atom. The molecule has 3 aromatic rings. The lowest BCUT2D eigenvalue weighted by Gasteiger charge is -2.31. The normalized spacial score (nSPS) is 16.3. The molecule has 8 heteroatoms. The summed E-state index contributed by atoms with van der Waals surface area (Å²) in [5, 5.41) is 0. The Balaban J connectivity index is 1.31. The number of hydrogen-bond donors (Lipinski definition) is 0. The van der Waals surface area contributed by atoms with Crippen LogP contribution in [0.1, 0.15) is 33.6 Å². The summed E-state index contributed by atoms with van der Waals surface area (Å²) in [6.07, 6.45) is 5.02. The van der Waals surface area contributed by atoms with Crippen LogP contribution in [-0.4, -0.2) is 57.0 Å². The lowest BCUT2D eigenvalue weighted by atomic mass is 10.0. The molecule has 4 heterocycles. The summed E-state index contributed by atoms with van der Waals surface area (Å²) >= 11 is 0. The van der Waals surface area contributed by atoms with E-state index >= 15 is 0 Å². The largest absolute Gasteiger partial charge is 0.481 e. The van der Waals surface area contributed by atoms with Crippen LogP contribution in [0.15, 0.2) is 36.9 Å². The van der Waals surface area contributed by atoms with E-state index in [9.17, 15) is 0 Å². The van der Waals surface area contributed by atoms with Crippen molar-refractivity contribution in [3.8, 4) is 11.8 Å². The topological polar surface area (TPSA) is 76.5 Å². The van der Waals surface area contributed by atoms with Gasteiger partial charge in [0.2, 0.25) is 11.8 Å². The molecule has 5 rings (SSSR count). The third kappa shape index (κ3) is 4.16. The molecule has 2 aliphatic rings. The molecule has 166 valence electrons. The van der Waals surface area contributed by atoms with Gasteiger partial charge in [-0.1, -0.05) is 24.3 Å². The van der Waals surface area contributed by atoms with Gasteiger partial charge in [-0.25, -0.2) is 19.9 Å². The number of fused-ring (bicyclic) bond motifs is 2. The van der Waals surface area contributed by atoms with Crippen LogP contribution >= 0.6 is 0 Å². The molecular formula is C24H28N6O2. The van der Waals surface area contributed by atoms with Crippen LogP contribution < -0.4 is 9.47 Å². The van der Waals surface area contributed by atoms with Crippen molar-refractivity contribution < 1.29 is 9.47 Å². The number of ether oxygens (including phenoxy) is 2. The smallest absolute Gasteiger partial charge is 0.220 e. The molecule has 32 heavy (non-hydrogen) atoms. The van der Waals surface area contributed by atoms with Crippen LogP contribution in [0.25, 0.3) is 0 Å². The molecule has 1 aromatic carbocycles. The first-order chi connectivity index (χ1) is 15.7. The van der Waals surface area contributed by atoms with E-state index < -0.39 is 0 Å². The minimum absolute atomic E-state index is 0.691. The van der Waals surface area contributed by atoms with Gasteiger partial charge in [0.1, 0.15) is 12.7 Å².